The highest BCUT2D eigenvalue weighted by Gasteiger charge is 2.06. The number of methoxy groups -OCH3 is 1. The molecule has 1 aliphatic rings. The van der Waals surface area contributed by atoms with Gasteiger partial charge in [0.2, 0.25) is 0 Å². The average Bonchev–Trinajstić information content (AvgIpc) is 2.30. The first kappa shape index (κ1) is 7.53. The number of rotatable bonds is 1. The third-order valence-electron chi connectivity index (χ3n) is 1.11. The number of nitrogens with zero attached hydrogens (tertiary/aromatic N) is 1. The fourth-order valence-corrected chi connectivity index (χ4v) is 0.602. The highest BCUT2D eigenvalue weighted by atomic mass is 16.5. The van der Waals surface area contributed by atoms with Crippen molar-refractivity contribution in [3.05, 3.63) is 24.2 Å². The van der Waals surface area contributed by atoms with Crippen LogP contribution in [0.15, 0.2) is 29.2 Å². The number of hydrogen-bond acceptors (Lipinski definition) is 4. The van der Waals surface area contributed by atoms with Crippen molar-refractivity contribution in [2.45, 2.75) is 0 Å². The van der Waals surface area contributed by atoms with Gasteiger partial charge in [0.15, 0.2) is 5.70 Å². The first-order chi connectivity index (χ1) is 5.34. The molecule has 0 saturated heterocycles. The van der Waals surface area contributed by atoms with Crippen molar-refractivity contribution in [2.75, 3.05) is 7.11 Å². The number of aliphatic imine (C=N–C) groups is 1. The lowest BCUT2D eigenvalue weighted by Crippen LogP contribution is -2.05. The molecule has 11 heavy (non-hydrogen) atoms. The molecular weight excluding hydrogens is 144 g/mol. The summed E-state index contributed by atoms with van der Waals surface area (Å²) in [4.78, 5) is 14.7. The normalized spacial score (nSPS) is 14.8. The van der Waals surface area contributed by atoms with Crippen LogP contribution in [0.3, 0.4) is 0 Å². The van der Waals surface area contributed by atoms with Gasteiger partial charge >= 0.3 is 5.97 Å². The lowest BCUT2D eigenvalue weighted by Gasteiger charge is -1.96. The van der Waals surface area contributed by atoms with Gasteiger partial charge in [-0.2, -0.15) is 0 Å². The molecule has 1 N–H and O–H groups in total. The summed E-state index contributed by atoms with van der Waals surface area (Å²) in [5, 5.41) is 2.74. The number of nitrogens with one attached hydrogen (secondary N) is 1. The first-order valence-electron chi connectivity index (χ1n) is 3.08. The predicted octanol–water partition coefficient (Wildman–Crippen LogP) is 0.188. The number of ether oxygens (including phenoxy) is 1. The molecule has 0 aromatic rings. The van der Waals surface area contributed by atoms with Crippen LogP contribution in [-0.2, 0) is 9.53 Å². The topological polar surface area (TPSA) is 50.7 Å². The lowest BCUT2D eigenvalue weighted by molar-refractivity contribution is -0.136. The number of allylic oxidation sites excluding steroid dienone is 1. The minimum absolute atomic E-state index is 0.262. The van der Waals surface area contributed by atoms with Crippen molar-refractivity contribution in [1.82, 2.24) is 5.32 Å². The maximum Gasteiger partial charge on any atom is 0.358 e. The minimum Gasteiger partial charge on any atom is -0.464 e. The Kier molecular flexibility index (Phi) is 2.43. The minimum atomic E-state index is -0.447. The van der Waals surface area contributed by atoms with Crippen LogP contribution in [0.2, 0.25) is 0 Å². The van der Waals surface area contributed by atoms with Crippen LogP contribution in [0.4, 0.5) is 0 Å². The summed E-state index contributed by atoms with van der Waals surface area (Å²) in [6.07, 6.45) is 6.35. The van der Waals surface area contributed by atoms with Crippen LogP contribution < -0.4 is 5.32 Å². The SMILES string of the molecule is COC(=O)C1=CNC=CC=N1. The van der Waals surface area contributed by atoms with Crippen LogP contribution >= 0.6 is 0 Å². The van der Waals surface area contributed by atoms with Crippen LogP contribution in [0.25, 0.3) is 0 Å². The van der Waals surface area contributed by atoms with Gasteiger partial charge in [0, 0.05) is 18.6 Å². The molecule has 0 radical (unpaired) electrons. The van der Waals surface area contributed by atoms with E-state index in [-0.39, 0.29) is 5.70 Å². The van der Waals surface area contributed by atoms with Gasteiger partial charge in [-0.05, 0) is 6.08 Å². The molecule has 0 saturated carbocycles. The van der Waals surface area contributed by atoms with Gasteiger partial charge in [0.25, 0.3) is 0 Å². The summed E-state index contributed by atoms with van der Waals surface area (Å²) in [6, 6.07) is 0. The van der Waals surface area contributed by atoms with Crippen molar-refractivity contribution in [2.24, 2.45) is 4.99 Å². The Hall–Kier alpha value is -1.58. The average molecular weight is 152 g/mol. The smallest absolute Gasteiger partial charge is 0.358 e. The van der Waals surface area contributed by atoms with Gasteiger partial charge in [-0.25, -0.2) is 9.79 Å². The monoisotopic (exact) mass is 152 g/mol. The molecule has 1 aliphatic heterocycles. The molecule has 0 aromatic carbocycles. The van der Waals surface area contributed by atoms with Crippen molar-refractivity contribution < 1.29 is 9.53 Å². The molecule has 0 spiro atoms. The van der Waals surface area contributed by atoms with E-state index in [0.717, 1.165) is 0 Å². The molecule has 1 heterocycles. The molecule has 0 atom stereocenters. The van der Waals surface area contributed by atoms with E-state index in [9.17, 15) is 4.79 Å². The van der Waals surface area contributed by atoms with Gasteiger partial charge in [0.05, 0.1) is 7.11 Å². The summed E-state index contributed by atoms with van der Waals surface area (Å²) in [5.41, 5.74) is 0.262. The molecule has 4 nitrogen and oxygen atoms in total. The Morgan fingerprint density at radius 2 is 2.55 bits per heavy atom. The Morgan fingerprint density at radius 1 is 1.73 bits per heavy atom. The summed E-state index contributed by atoms with van der Waals surface area (Å²) < 4.78 is 4.46. The Bertz CT molecular complexity index is 241. The molecule has 1 rings (SSSR count). The second-order valence-corrected chi connectivity index (χ2v) is 1.83. The second-order valence-electron chi connectivity index (χ2n) is 1.83. The molecule has 4 heteroatoms. The highest BCUT2D eigenvalue weighted by molar-refractivity contribution is 5.91. The molecule has 0 bridgehead atoms. The maximum atomic E-state index is 10.8. The van der Waals surface area contributed by atoms with Crippen LogP contribution in [0.5, 0.6) is 0 Å². The highest BCUT2D eigenvalue weighted by Crippen LogP contribution is 1.98. The summed E-state index contributed by atoms with van der Waals surface area (Å²) in [6.45, 7) is 0. The van der Waals surface area contributed by atoms with E-state index in [1.807, 2.05) is 0 Å². The fourth-order valence-electron chi connectivity index (χ4n) is 0.602. The maximum absolute atomic E-state index is 10.8. The van der Waals surface area contributed by atoms with Crippen LogP contribution in [0, 0.1) is 0 Å². The third kappa shape index (κ3) is 1.93. The van der Waals surface area contributed by atoms with E-state index in [2.05, 4.69) is 15.0 Å². The van der Waals surface area contributed by atoms with Crippen molar-refractivity contribution in [1.29, 1.82) is 0 Å². The molecule has 0 aromatic heterocycles. The molecule has 0 amide bonds. The van der Waals surface area contributed by atoms with E-state index in [1.165, 1.54) is 19.5 Å². The number of esters is 1. The molecule has 58 valence electrons. The van der Waals surface area contributed by atoms with Gasteiger partial charge in [-0.1, -0.05) is 0 Å². The molecule has 0 fully saturated rings. The zero-order valence-electron chi connectivity index (χ0n) is 6.07. The number of carbonyl (C=O) groups excluding carboxylic acids is 1. The largest absolute Gasteiger partial charge is 0.464 e. The Morgan fingerprint density at radius 3 is 3.27 bits per heavy atom. The van der Waals surface area contributed by atoms with Gasteiger partial charge in [-0.3, -0.25) is 0 Å². The van der Waals surface area contributed by atoms with E-state index >= 15 is 0 Å². The quantitative estimate of drug-likeness (QED) is 0.545. The number of carbonyl (C=O) groups is 1. The zero-order chi connectivity index (χ0) is 8.10. The molecular formula is C7H8N2O2. The van der Waals surface area contributed by atoms with E-state index in [4.69, 9.17) is 0 Å². The molecule has 0 unspecified atom stereocenters. The van der Waals surface area contributed by atoms with E-state index in [0.29, 0.717) is 0 Å². The van der Waals surface area contributed by atoms with Gasteiger partial charge in [0.1, 0.15) is 0 Å². The van der Waals surface area contributed by atoms with Crippen LogP contribution in [-0.4, -0.2) is 19.3 Å². The van der Waals surface area contributed by atoms with Gasteiger partial charge < -0.3 is 10.1 Å². The summed E-state index contributed by atoms with van der Waals surface area (Å²) in [5.74, 6) is -0.447. The number of hydrogen-bond donors (Lipinski definition) is 1. The lowest BCUT2D eigenvalue weighted by atomic mass is 10.5. The van der Waals surface area contributed by atoms with Crippen LogP contribution in [0.1, 0.15) is 0 Å². The standard InChI is InChI=1S/C7H8N2O2/c1-11-7(10)6-5-8-3-2-4-9-6/h2-5,8H,1H3. The van der Waals surface area contributed by atoms with E-state index < -0.39 is 5.97 Å². The fraction of sp³-hybridized carbons (Fsp3) is 0.143. The first-order valence-corrected chi connectivity index (χ1v) is 3.08. The zero-order valence-corrected chi connectivity index (χ0v) is 6.07. The van der Waals surface area contributed by atoms with E-state index in [1.54, 1.807) is 12.3 Å². The van der Waals surface area contributed by atoms with Gasteiger partial charge in [-0.15, -0.1) is 0 Å². The third-order valence-corrected chi connectivity index (χ3v) is 1.11. The van der Waals surface area contributed by atoms with Crippen molar-refractivity contribution >= 4 is 12.2 Å². The predicted molar refractivity (Wildman–Crippen MR) is 40.9 cm³/mol. The Labute approximate surface area is 64.3 Å². The summed E-state index contributed by atoms with van der Waals surface area (Å²) >= 11 is 0. The molecule has 0 aliphatic carbocycles. The summed E-state index contributed by atoms with van der Waals surface area (Å²) in [7, 11) is 1.32. The second kappa shape index (κ2) is 3.55. The Balaban J connectivity index is 2.72. The van der Waals surface area contributed by atoms with Crippen molar-refractivity contribution in [3.63, 3.8) is 0 Å². The van der Waals surface area contributed by atoms with Crippen molar-refractivity contribution in [3.8, 4) is 0 Å².